The van der Waals surface area contributed by atoms with Gasteiger partial charge in [-0.3, -0.25) is 4.79 Å². The molecule has 2 aliphatic rings. The Hall–Kier alpha value is -1.62. The molecular formula is C15H19FN2O2. The molecule has 0 aromatic heterocycles. The average Bonchev–Trinajstić information content (AvgIpc) is 2.46. The van der Waals surface area contributed by atoms with Crippen LogP contribution in [-0.2, 0) is 4.79 Å². The van der Waals surface area contributed by atoms with Gasteiger partial charge in [-0.2, -0.15) is 0 Å². The highest BCUT2D eigenvalue weighted by atomic mass is 19.1. The van der Waals surface area contributed by atoms with Crippen LogP contribution in [0.1, 0.15) is 19.8 Å². The monoisotopic (exact) mass is 278 g/mol. The number of rotatable bonds is 1. The van der Waals surface area contributed by atoms with Crippen LogP contribution in [0.25, 0.3) is 0 Å². The summed E-state index contributed by atoms with van der Waals surface area (Å²) in [6.45, 7) is 4.12. The van der Waals surface area contributed by atoms with Gasteiger partial charge in [0.25, 0.3) is 0 Å². The van der Waals surface area contributed by atoms with Crippen LogP contribution in [0, 0.1) is 11.7 Å². The Morgan fingerprint density at radius 3 is 3.10 bits per heavy atom. The molecule has 1 saturated heterocycles. The molecule has 1 amide bonds. The Labute approximate surface area is 117 Å². The molecule has 2 unspecified atom stereocenters. The molecular weight excluding hydrogens is 259 g/mol. The number of carbonyl (C=O) groups excluding carboxylic acids is 1. The van der Waals surface area contributed by atoms with E-state index in [2.05, 4.69) is 5.32 Å². The van der Waals surface area contributed by atoms with Crippen LogP contribution in [0.4, 0.5) is 10.1 Å². The molecule has 0 aliphatic carbocycles. The van der Waals surface area contributed by atoms with Gasteiger partial charge < -0.3 is 15.0 Å². The summed E-state index contributed by atoms with van der Waals surface area (Å²) in [6, 6.07) is 4.35. The summed E-state index contributed by atoms with van der Waals surface area (Å²) in [6.07, 6.45) is 1.81. The number of hydrogen-bond acceptors (Lipinski definition) is 3. The van der Waals surface area contributed by atoms with Gasteiger partial charge in [0.1, 0.15) is 17.7 Å². The van der Waals surface area contributed by atoms with Crippen molar-refractivity contribution in [2.24, 2.45) is 5.92 Å². The largest absolute Gasteiger partial charge is 0.487 e. The molecule has 1 aromatic carbocycles. The van der Waals surface area contributed by atoms with Crippen molar-refractivity contribution in [3.8, 4) is 5.75 Å². The highest BCUT2D eigenvalue weighted by Gasteiger charge is 2.32. The van der Waals surface area contributed by atoms with Crippen molar-refractivity contribution in [3.63, 3.8) is 0 Å². The second-order valence-electron chi connectivity index (χ2n) is 5.53. The minimum atomic E-state index is -0.343. The Morgan fingerprint density at radius 1 is 1.50 bits per heavy atom. The van der Waals surface area contributed by atoms with E-state index in [0.29, 0.717) is 18.0 Å². The average molecular weight is 278 g/mol. The molecule has 0 spiro atoms. The molecule has 2 aliphatic heterocycles. The van der Waals surface area contributed by atoms with Crippen LogP contribution < -0.4 is 15.0 Å². The molecule has 0 bridgehead atoms. The van der Waals surface area contributed by atoms with Crippen LogP contribution >= 0.6 is 0 Å². The first-order valence-electron chi connectivity index (χ1n) is 7.13. The summed E-state index contributed by atoms with van der Waals surface area (Å²) in [5.74, 6) is 0.234. The predicted octanol–water partition coefficient (Wildman–Crippen LogP) is 1.94. The van der Waals surface area contributed by atoms with Gasteiger partial charge in [-0.05, 0) is 38.4 Å². The highest BCUT2D eigenvalue weighted by Crippen LogP contribution is 2.35. The predicted molar refractivity (Wildman–Crippen MR) is 74.4 cm³/mol. The number of amides is 1. The number of anilines is 1. The van der Waals surface area contributed by atoms with Gasteiger partial charge in [-0.15, -0.1) is 0 Å². The number of fused-ring (bicyclic) bond motifs is 1. The summed E-state index contributed by atoms with van der Waals surface area (Å²) < 4.78 is 18.9. The third-order valence-corrected chi connectivity index (χ3v) is 3.89. The molecule has 1 aromatic rings. The van der Waals surface area contributed by atoms with Crippen molar-refractivity contribution in [1.29, 1.82) is 0 Å². The van der Waals surface area contributed by atoms with Crippen LogP contribution in [0.2, 0.25) is 0 Å². The van der Waals surface area contributed by atoms with Crippen LogP contribution in [-0.4, -0.2) is 31.6 Å². The Bertz CT molecular complexity index is 515. The van der Waals surface area contributed by atoms with E-state index in [4.69, 9.17) is 4.74 Å². The van der Waals surface area contributed by atoms with E-state index in [-0.39, 0.29) is 23.7 Å². The summed E-state index contributed by atoms with van der Waals surface area (Å²) in [5.41, 5.74) is 0.681. The maximum atomic E-state index is 13.3. The van der Waals surface area contributed by atoms with Gasteiger partial charge in [-0.1, -0.05) is 0 Å². The van der Waals surface area contributed by atoms with Gasteiger partial charge >= 0.3 is 0 Å². The molecule has 1 fully saturated rings. The van der Waals surface area contributed by atoms with E-state index in [1.165, 1.54) is 12.1 Å². The zero-order valence-corrected chi connectivity index (χ0v) is 11.6. The van der Waals surface area contributed by atoms with E-state index in [1.807, 2.05) is 6.92 Å². The first-order valence-corrected chi connectivity index (χ1v) is 7.13. The zero-order valence-electron chi connectivity index (χ0n) is 11.6. The van der Waals surface area contributed by atoms with Gasteiger partial charge in [0.05, 0.1) is 18.2 Å². The molecule has 0 saturated carbocycles. The Kier molecular flexibility index (Phi) is 3.61. The van der Waals surface area contributed by atoms with Crippen LogP contribution in [0.5, 0.6) is 5.75 Å². The van der Waals surface area contributed by atoms with Crippen LogP contribution in [0.15, 0.2) is 18.2 Å². The van der Waals surface area contributed by atoms with E-state index in [1.54, 1.807) is 11.0 Å². The van der Waals surface area contributed by atoms with Crippen molar-refractivity contribution < 1.29 is 13.9 Å². The van der Waals surface area contributed by atoms with Crippen molar-refractivity contribution in [1.82, 2.24) is 5.32 Å². The molecule has 20 heavy (non-hydrogen) atoms. The molecule has 4 nitrogen and oxygen atoms in total. The lowest BCUT2D eigenvalue weighted by atomic mass is 9.97. The van der Waals surface area contributed by atoms with Crippen molar-refractivity contribution in [2.45, 2.75) is 25.9 Å². The zero-order chi connectivity index (χ0) is 14.1. The lowest BCUT2D eigenvalue weighted by Gasteiger charge is -2.36. The number of halogens is 1. The second-order valence-corrected chi connectivity index (χ2v) is 5.53. The van der Waals surface area contributed by atoms with E-state index in [0.717, 1.165) is 25.9 Å². The number of ether oxygens (including phenoxy) is 1. The number of nitrogens with one attached hydrogen (secondary N) is 1. The van der Waals surface area contributed by atoms with E-state index in [9.17, 15) is 9.18 Å². The van der Waals surface area contributed by atoms with E-state index >= 15 is 0 Å². The van der Waals surface area contributed by atoms with Gasteiger partial charge in [0.15, 0.2) is 0 Å². The minimum Gasteiger partial charge on any atom is -0.487 e. The maximum Gasteiger partial charge on any atom is 0.231 e. The summed E-state index contributed by atoms with van der Waals surface area (Å²) in [5, 5.41) is 3.26. The lowest BCUT2D eigenvalue weighted by molar-refractivity contribution is -0.123. The Morgan fingerprint density at radius 2 is 2.35 bits per heavy atom. The highest BCUT2D eigenvalue weighted by molar-refractivity contribution is 5.97. The van der Waals surface area contributed by atoms with Gasteiger partial charge in [0, 0.05) is 12.6 Å². The topological polar surface area (TPSA) is 41.6 Å². The molecule has 2 heterocycles. The van der Waals surface area contributed by atoms with E-state index < -0.39 is 0 Å². The molecule has 2 atom stereocenters. The quantitative estimate of drug-likeness (QED) is 0.853. The van der Waals surface area contributed by atoms with Crippen molar-refractivity contribution in [3.05, 3.63) is 24.0 Å². The first-order chi connectivity index (χ1) is 9.65. The number of benzene rings is 1. The minimum absolute atomic E-state index is 0.00644. The van der Waals surface area contributed by atoms with Crippen molar-refractivity contribution >= 4 is 11.6 Å². The second kappa shape index (κ2) is 5.40. The van der Waals surface area contributed by atoms with Crippen molar-refractivity contribution in [2.75, 3.05) is 24.5 Å². The lowest BCUT2D eigenvalue weighted by Crippen LogP contribution is -2.48. The summed E-state index contributed by atoms with van der Waals surface area (Å²) in [4.78, 5) is 14.4. The van der Waals surface area contributed by atoms with Gasteiger partial charge in [0.2, 0.25) is 5.91 Å². The summed E-state index contributed by atoms with van der Waals surface area (Å²) >= 11 is 0. The molecule has 1 N–H and O–H groups in total. The fraction of sp³-hybridized carbons (Fsp3) is 0.533. The Balaban J connectivity index is 1.88. The molecule has 5 heteroatoms. The maximum absolute atomic E-state index is 13.3. The fourth-order valence-corrected chi connectivity index (χ4v) is 2.91. The first kappa shape index (κ1) is 13.4. The number of nitrogens with zero attached hydrogens (tertiary/aromatic N) is 1. The normalized spacial score (nSPS) is 25.8. The summed E-state index contributed by atoms with van der Waals surface area (Å²) in [7, 11) is 0. The van der Waals surface area contributed by atoms with Gasteiger partial charge in [-0.25, -0.2) is 4.39 Å². The molecule has 108 valence electrons. The number of piperidine rings is 1. The number of hydrogen-bond donors (Lipinski definition) is 1. The SMILES string of the molecule is CC1CN(C(=O)C2CCCNC2)c2ccc(F)cc2O1. The third kappa shape index (κ3) is 2.50. The number of carbonyl (C=O) groups is 1. The molecule has 0 radical (unpaired) electrons. The molecule has 3 rings (SSSR count). The fourth-order valence-electron chi connectivity index (χ4n) is 2.91. The standard InChI is InChI=1S/C15H19FN2O2/c1-10-9-18(15(19)11-3-2-6-17-8-11)13-5-4-12(16)7-14(13)20-10/h4-5,7,10-11,17H,2-3,6,8-9H2,1H3. The smallest absolute Gasteiger partial charge is 0.231 e. The van der Waals surface area contributed by atoms with Crippen LogP contribution in [0.3, 0.4) is 0 Å². The third-order valence-electron chi connectivity index (χ3n) is 3.89.